The summed E-state index contributed by atoms with van der Waals surface area (Å²) in [6, 6.07) is 6.46. The van der Waals surface area contributed by atoms with E-state index in [0.29, 0.717) is 26.3 Å². The molecule has 1 aliphatic rings. The van der Waals surface area contributed by atoms with E-state index in [1.54, 1.807) is 11.8 Å². The molecule has 0 aromatic heterocycles. The molecule has 0 atom stereocenters. The maximum Gasteiger partial charge on any atom is 0.191 e. The molecule has 1 heterocycles. The smallest absolute Gasteiger partial charge is 0.191 e. The molecule has 1 aromatic carbocycles. The minimum atomic E-state index is -0.162. The number of aliphatic hydroxyl groups excluding tert-OH is 1. The number of benzene rings is 1. The second kappa shape index (κ2) is 10.5. The number of aliphatic imine (C=N–C) groups is 1. The minimum absolute atomic E-state index is 0. The van der Waals surface area contributed by atoms with Crippen molar-refractivity contribution in [3.8, 4) is 0 Å². The lowest BCUT2D eigenvalue weighted by atomic mass is 9.87. The van der Waals surface area contributed by atoms with E-state index in [1.807, 2.05) is 6.92 Å². The largest absolute Gasteiger partial charge is 0.396 e. The van der Waals surface area contributed by atoms with Crippen molar-refractivity contribution in [3.63, 3.8) is 0 Å². The van der Waals surface area contributed by atoms with Crippen LogP contribution in [0.4, 0.5) is 0 Å². The fourth-order valence-corrected chi connectivity index (χ4v) is 3.10. The van der Waals surface area contributed by atoms with Crippen molar-refractivity contribution in [1.82, 2.24) is 10.6 Å². The normalized spacial score (nSPS) is 16.1. The number of ether oxygens (including phenoxy) is 1. The molecule has 0 unspecified atom stereocenters. The number of hydrogen-bond donors (Lipinski definition) is 3. The number of guanidine groups is 1. The number of nitrogens with one attached hydrogen (secondary N) is 2. The Kier molecular flexibility index (Phi) is 9.40. The zero-order valence-corrected chi connectivity index (χ0v) is 17.7. The second-order valence-electron chi connectivity index (χ2n) is 6.01. The molecule has 2 rings (SSSR count). The molecule has 1 aromatic rings. The van der Waals surface area contributed by atoms with E-state index in [0.717, 1.165) is 12.5 Å². The zero-order valence-electron chi connectivity index (χ0n) is 14.6. The van der Waals surface area contributed by atoms with Crippen molar-refractivity contribution in [2.24, 2.45) is 10.4 Å². The molecule has 0 spiro atoms. The van der Waals surface area contributed by atoms with Gasteiger partial charge in [-0.05, 0) is 37.3 Å². The van der Waals surface area contributed by atoms with Gasteiger partial charge >= 0.3 is 0 Å². The first-order valence-corrected chi connectivity index (χ1v) is 9.19. The van der Waals surface area contributed by atoms with Crippen molar-refractivity contribution < 1.29 is 9.84 Å². The predicted molar refractivity (Wildman–Crippen MR) is 112 cm³/mol. The molecule has 0 radical (unpaired) electrons. The SMILES string of the molecule is CCNC(=NCc1ccc(C)cc1SC)NCC1(CO)COC1.I. The maximum absolute atomic E-state index is 9.50. The van der Waals surface area contributed by atoms with E-state index in [4.69, 9.17) is 4.74 Å². The van der Waals surface area contributed by atoms with Crippen LogP contribution in [0.25, 0.3) is 0 Å². The molecule has 1 fully saturated rings. The highest BCUT2D eigenvalue weighted by Crippen LogP contribution is 2.25. The molecule has 0 bridgehead atoms. The van der Waals surface area contributed by atoms with Gasteiger partial charge in [-0.1, -0.05) is 12.1 Å². The summed E-state index contributed by atoms with van der Waals surface area (Å²) < 4.78 is 5.23. The van der Waals surface area contributed by atoms with Crippen LogP contribution >= 0.6 is 35.7 Å². The molecule has 5 nitrogen and oxygen atoms in total. The van der Waals surface area contributed by atoms with Crippen molar-refractivity contribution in [2.45, 2.75) is 25.3 Å². The van der Waals surface area contributed by atoms with Crippen molar-refractivity contribution in [2.75, 3.05) is 39.2 Å². The first kappa shape index (κ1) is 21.5. The third kappa shape index (κ3) is 5.79. The summed E-state index contributed by atoms with van der Waals surface area (Å²) in [5.74, 6) is 0.778. The van der Waals surface area contributed by atoms with Crippen molar-refractivity contribution >= 4 is 41.7 Å². The van der Waals surface area contributed by atoms with E-state index in [9.17, 15) is 5.11 Å². The number of aliphatic hydroxyl groups is 1. The van der Waals surface area contributed by atoms with Gasteiger partial charge in [-0.2, -0.15) is 0 Å². The summed E-state index contributed by atoms with van der Waals surface area (Å²) in [5, 5.41) is 16.1. The Morgan fingerprint density at radius 3 is 2.67 bits per heavy atom. The van der Waals surface area contributed by atoms with Gasteiger partial charge in [0.25, 0.3) is 0 Å². The molecular weight excluding hydrogens is 437 g/mol. The van der Waals surface area contributed by atoms with Crippen LogP contribution in [-0.2, 0) is 11.3 Å². The monoisotopic (exact) mass is 465 g/mol. The topological polar surface area (TPSA) is 65.9 Å². The van der Waals surface area contributed by atoms with E-state index in [-0.39, 0.29) is 36.0 Å². The number of thioether (sulfide) groups is 1. The average Bonchev–Trinajstić information content (AvgIpc) is 2.52. The van der Waals surface area contributed by atoms with Gasteiger partial charge in [-0.3, -0.25) is 0 Å². The van der Waals surface area contributed by atoms with Gasteiger partial charge in [0.05, 0.1) is 31.8 Å². The number of aryl methyl sites for hydroxylation is 1. The molecule has 136 valence electrons. The lowest BCUT2D eigenvalue weighted by Crippen LogP contribution is -2.54. The standard InChI is InChI=1S/C17H27N3O2S.HI/c1-4-18-16(20-9-17(10-21)11-22-12-17)19-8-14-6-5-13(2)7-15(14)23-3;/h5-7,21H,4,8-12H2,1-3H3,(H2,18,19,20);1H. The van der Waals surface area contributed by atoms with Crippen LogP contribution in [0, 0.1) is 12.3 Å². The van der Waals surface area contributed by atoms with E-state index in [1.165, 1.54) is 16.0 Å². The molecule has 1 aliphatic heterocycles. The Hall–Kier alpha value is -0.510. The number of nitrogens with zero attached hydrogens (tertiary/aromatic N) is 1. The second-order valence-corrected chi connectivity index (χ2v) is 6.86. The first-order chi connectivity index (χ1) is 11.1. The van der Waals surface area contributed by atoms with Crippen LogP contribution < -0.4 is 10.6 Å². The molecule has 7 heteroatoms. The summed E-state index contributed by atoms with van der Waals surface area (Å²) in [6.45, 7) is 7.59. The Labute approximate surface area is 166 Å². The van der Waals surface area contributed by atoms with E-state index < -0.39 is 0 Å². The summed E-state index contributed by atoms with van der Waals surface area (Å²) in [5.41, 5.74) is 2.33. The summed E-state index contributed by atoms with van der Waals surface area (Å²) in [7, 11) is 0. The van der Waals surface area contributed by atoms with Crippen LogP contribution in [0.15, 0.2) is 28.1 Å². The first-order valence-electron chi connectivity index (χ1n) is 7.97. The Morgan fingerprint density at radius 2 is 2.12 bits per heavy atom. The maximum atomic E-state index is 9.50. The van der Waals surface area contributed by atoms with Gasteiger partial charge in [0.1, 0.15) is 0 Å². The van der Waals surface area contributed by atoms with Crippen LogP contribution in [-0.4, -0.2) is 50.2 Å². The highest BCUT2D eigenvalue weighted by molar-refractivity contribution is 14.0. The lowest BCUT2D eigenvalue weighted by molar-refractivity contribution is -0.132. The molecule has 0 aliphatic carbocycles. The summed E-state index contributed by atoms with van der Waals surface area (Å²) >= 11 is 1.75. The molecule has 3 N–H and O–H groups in total. The van der Waals surface area contributed by atoms with Gasteiger partial charge in [0.15, 0.2) is 5.96 Å². The van der Waals surface area contributed by atoms with E-state index >= 15 is 0 Å². The fourth-order valence-electron chi connectivity index (χ4n) is 2.40. The van der Waals surface area contributed by atoms with Crippen LogP contribution in [0.1, 0.15) is 18.1 Å². The van der Waals surface area contributed by atoms with Crippen LogP contribution in [0.3, 0.4) is 0 Å². The number of halogens is 1. The van der Waals surface area contributed by atoms with E-state index in [2.05, 4.69) is 47.0 Å². The van der Waals surface area contributed by atoms with Gasteiger partial charge in [0, 0.05) is 18.0 Å². The van der Waals surface area contributed by atoms with Crippen LogP contribution in [0.5, 0.6) is 0 Å². The zero-order chi connectivity index (χ0) is 16.7. The summed E-state index contributed by atoms with van der Waals surface area (Å²) in [6.07, 6.45) is 2.09. The Bertz CT molecular complexity index is 545. The highest BCUT2D eigenvalue weighted by Gasteiger charge is 2.38. The number of hydrogen-bond acceptors (Lipinski definition) is 4. The van der Waals surface area contributed by atoms with Gasteiger partial charge in [-0.15, -0.1) is 35.7 Å². The highest BCUT2D eigenvalue weighted by atomic mass is 127. The van der Waals surface area contributed by atoms with Gasteiger partial charge < -0.3 is 20.5 Å². The molecule has 1 saturated heterocycles. The molecular formula is C17H28IN3O2S. The third-order valence-electron chi connectivity index (χ3n) is 3.98. The third-order valence-corrected chi connectivity index (χ3v) is 4.80. The number of rotatable bonds is 7. The summed E-state index contributed by atoms with van der Waals surface area (Å²) in [4.78, 5) is 5.94. The van der Waals surface area contributed by atoms with Crippen molar-refractivity contribution in [3.05, 3.63) is 29.3 Å². The van der Waals surface area contributed by atoms with Crippen molar-refractivity contribution in [1.29, 1.82) is 0 Å². The minimum Gasteiger partial charge on any atom is -0.396 e. The Morgan fingerprint density at radius 1 is 1.38 bits per heavy atom. The lowest BCUT2D eigenvalue weighted by Gasteiger charge is -2.40. The average molecular weight is 465 g/mol. The van der Waals surface area contributed by atoms with Gasteiger partial charge in [-0.25, -0.2) is 4.99 Å². The predicted octanol–water partition coefficient (Wildman–Crippen LogP) is 2.40. The molecule has 0 amide bonds. The van der Waals surface area contributed by atoms with Crippen LogP contribution in [0.2, 0.25) is 0 Å². The fraction of sp³-hybridized carbons (Fsp3) is 0.588. The molecule has 0 saturated carbocycles. The quantitative estimate of drug-likeness (QED) is 0.250. The Balaban J connectivity index is 0.00000288. The van der Waals surface area contributed by atoms with Gasteiger partial charge in [0.2, 0.25) is 0 Å². The molecule has 24 heavy (non-hydrogen) atoms.